The number of ether oxygens (including phenoxy) is 2. The Hall–Kier alpha value is -0.410. The molecule has 0 aromatic heterocycles. The molecule has 1 aliphatic rings. The molecular weight excluding hydrogens is 168 g/mol. The number of hydrogen-bond acceptors (Lipinski definition) is 3. The molecule has 0 bridgehead atoms. The van der Waals surface area contributed by atoms with Gasteiger partial charge in [0.1, 0.15) is 6.29 Å². The zero-order chi connectivity index (χ0) is 9.52. The normalized spacial score (nSPS) is 25.5. The van der Waals surface area contributed by atoms with E-state index in [0.717, 1.165) is 32.3 Å². The molecule has 0 saturated carbocycles. The van der Waals surface area contributed by atoms with E-state index in [2.05, 4.69) is 0 Å². The molecule has 0 aromatic carbocycles. The van der Waals surface area contributed by atoms with Crippen molar-refractivity contribution >= 4 is 6.29 Å². The lowest BCUT2D eigenvalue weighted by molar-refractivity contribution is -0.113. The van der Waals surface area contributed by atoms with Crippen LogP contribution in [-0.4, -0.2) is 32.2 Å². The minimum Gasteiger partial charge on any atom is -0.381 e. The Kier molecular flexibility index (Phi) is 5.01. The van der Waals surface area contributed by atoms with Crippen molar-refractivity contribution in [2.24, 2.45) is 5.92 Å². The van der Waals surface area contributed by atoms with Gasteiger partial charge in [0.05, 0.1) is 12.7 Å². The minimum atomic E-state index is 0.0720. The van der Waals surface area contributed by atoms with Crippen LogP contribution in [0.3, 0.4) is 0 Å². The van der Waals surface area contributed by atoms with Gasteiger partial charge in [0, 0.05) is 25.6 Å². The maximum absolute atomic E-state index is 10.4. The smallest absolute Gasteiger partial charge is 0.122 e. The lowest BCUT2D eigenvalue weighted by atomic mass is 9.94. The van der Waals surface area contributed by atoms with Crippen molar-refractivity contribution in [2.75, 3.05) is 19.8 Å². The highest BCUT2D eigenvalue weighted by Crippen LogP contribution is 2.21. The molecule has 0 radical (unpaired) electrons. The van der Waals surface area contributed by atoms with Crippen LogP contribution < -0.4 is 0 Å². The third-order valence-electron chi connectivity index (χ3n) is 2.43. The molecule has 0 aliphatic carbocycles. The predicted octanol–water partition coefficient (Wildman–Crippen LogP) is 1.41. The van der Waals surface area contributed by atoms with E-state index in [4.69, 9.17) is 9.47 Å². The summed E-state index contributed by atoms with van der Waals surface area (Å²) >= 11 is 0. The molecule has 1 rings (SSSR count). The maximum Gasteiger partial charge on any atom is 0.122 e. The molecular formula is C10H18O3. The van der Waals surface area contributed by atoms with Crippen molar-refractivity contribution < 1.29 is 14.3 Å². The summed E-state index contributed by atoms with van der Waals surface area (Å²) in [6.07, 6.45) is 3.73. The van der Waals surface area contributed by atoms with Crippen molar-refractivity contribution in [3.8, 4) is 0 Å². The minimum absolute atomic E-state index is 0.0720. The second kappa shape index (κ2) is 6.11. The summed E-state index contributed by atoms with van der Waals surface area (Å²) in [5.41, 5.74) is 0. The van der Waals surface area contributed by atoms with Gasteiger partial charge in [0.2, 0.25) is 0 Å². The van der Waals surface area contributed by atoms with Gasteiger partial charge in [-0.3, -0.25) is 0 Å². The van der Waals surface area contributed by atoms with Gasteiger partial charge < -0.3 is 14.3 Å². The van der Waals surface area contributed by atoms with Crippen LogP contribution in [0.15, 0.2) is 0 Å². The topological polar surface area (TPSA) is 35.5 Å². The van der Waals surface area contributed by atoms with Gasteiger partial charge in [-0.25, -0.2) is 0 Å². The van der Waals surface area contributed by atoms with Gasteiger partial charge in [0.15, 0.2) is 0 Å². The molecule has 3 heteroatoms. The van der Waals surface area contributed by atoms with E-state index < -0.39 is 0 Å². The number of rotatable bonds is 5. The Bertz CT molecular complexity index is 141. The Morgan fingerprint density at radius 1 is 1.69 bits per heavy atom. The molecule has 1 fully saturated rings. The highest BCUT2D eigenvalue weighted by Gasteiger charge is 2.23. The standard InChI is InChI=1S/C10H18O3/c1-2-13-10(5-6-11)9-4-3-7-12-8-9/h6,9-10H,2-5,7-8H2,1H3. The van der Waals surface area contributed by atoms with Crippen LogP contribution in [0, 0.1) is 5.92 Å². The van der Waals surface area contributed by atoms with Gasteiger partial charge in [-0.05, 0) is 19.8 Å². The zero-order valence-corrected chi connectivity index (χ0v) is 8.20. The zero-order valence-electron chi connectivity index (χ0n) is 8.20. The molecule has 0 aromatic rings. The number of hydrogen-bond donors (Lipinski definition) is 0. The molecule has 2 atom stereocenters. The summed E-state index contributed by atoms with van der Waals surface area (Å²) in [6.45, 7) is 4.24. The Labute approximate surface area is 79.4 Å². The van der Waals surface area contributed by atoms with E-state index in [-0.39, 0.29) is 6.10 Å². The molecule has 1 heterocycles. The number of carbonyl (C=O) groups excluding carboxylic acids is 1. The van der Waals surface area contributed by atoms with Gasteiger partial charge in [0.25, 0.3) is 0 Å². The monoisotopic (exact) mass is 186 g/mol. The molecule has 0 spiro atoms. The van der Waals surface area contributed by atoms with Gasteiger partial charge in [-0.1, -0.05) is 0 Å². The van der Waals surface area contributed by atoms with E-state index in [1.165, 1.54) is 0 Å². The fourth-order valence-electron chi connectivity index (χ4n) is 1.76. The van der Waals surface area contributed by atoms with Crippen LogP contribution in [0.1, 0.15) is 26.2 Å². The summed E-state index contributed by atoms with van der Waals surface area (Å²) < 4.78 is 10.9. The van der Waals surface area contributed by atoms with Crippen LogP contribution in [-0.2, 0) is 14.3 Å². The summed E-state index contributed by atoms with van der Waals surface area (Å²) in [7, 11) is 0. The van der Waals surface area contributed by atoms with Crippen LogP contribution >= 0.6 is 0 Å². The summed E-state index contributed by atoms with van der Waals surface area (Å²) in [5.74, 6) is 0.416. The lowest BCUT2D eigenvalue weighted by Crippen LogP contribution is -2.31. The average molecular weight is 186 g/mol. The first-order valence-electron chi connectivity index (χ1n) is 5.01. The summed E-state index contributed by atoms with van der Waals surface area (Å²) in [5, 5.41) is 0. The lowest BCUT2D eigenvalue weighted by Gasteiger charge is -2.28. The SMILES string of the molecule is CCOC(CC=O)C1CCCOC1. The summed E-state index contributed by atoms with van der Waals surface area (Å²) in [6, 6.07) is 0. The highest BCUT2D eigenvalue weighted by molar-refractivity contribution is 5.50. The Morgan fingerprint density at radius 3 is 3.08 bits per heavy atom. The molecule has 76 valence electrons. The molecule has 13 heavy (non-hydrogen) atoms. The van der Waals surface area contributed by atoms with Crippen LogP contribution in [0.5, 0.6) is 0 Å². The number of carbonyl (C=O) groups is 1. The molecule has 3 nitrogen and oxygen atoms in total. The third-order valence-corrected chi connectivity index (χ3v) is 2.43. The van der Waals surface area contributed by atoms with Crippen molar-refractivity contribution in [3.63, 3.8) is 0 Å². The molecule has 1 saturated heterocycles. The van der Waals surface area contributed by atoms with E-state index in [9.17, 15) is 4.79 Å². The predicted molar refractivity (Wildman–Crippen MR) is 49.6 cm³/mol. The van der Waals surface area contributed by atoms with Crippen molar-refractivity contribution in [1.82, 2.24) is 0 Å². The second-order valence-corrected chi connectivity index (χ2v) is 3.37. The van der Waals surface area contributed by atoms with Gasteiger partial charge in [-0.15, -0.1) is 0 Å². The molecule has 0 N–H and O–H groups in total. The van der Waals surface area contributed by atoms with Crippen molar-refractivity contribution in [3.05, 3.63) is 0 Å². The number of aldehydes is 1. The van der Waals surface area contributed by atoms with E-state index in [0.29, 0.717) is 18.9 Å². The van der Waals surface area contributed by atoms with Crippen LogP contribution in [0.25, 0.3) is 0 Å². The first-order chi connectivity index (χ1) is 6.38. The maximum atomic E-state index is 10.4. The van der Waals surface area contributed by atoms with E-state index in [1.54, 1.807) is 0 Å². The first kappa shape index (κ1) is 10.7. The fourth-order valence-corrected chi connectivity index (χ4v) is 1.76. The van der Waals surface area contributed by atoms with E-state index >= 15 is 0 Å². The second-order valence-electron chi connectivity index (χ2n) is 3.37. The van der Waals surface area contributed by atoms with Crippen LogP contribution in [0.4, 0.5) is 0 Å². The fraction of sp³-hybridized carbons (Fsp3) is 0.900. The molecule has 2 unspecified atom stereocenters. The Morgan fingerprint density at radius 2 is 2.54 bits per heavy atom. The first-order valence-corrected chi connectivity index (χ1v) is 5.01. The van der Waals surface area contributed by atoms with Crippen molar-refractivity contribution in [2.45, 2.75) is 32.3 Å². The Balaban J connectivity index is 2.36. The van der Waals surface area contributed by atoms with Gasteiger partial charge in [-0.2, -0.15) is 0 Å². The van der Waals surface area contributed by atoms with Crippen LogP contribution in [0.2, 0.25) is 0 Å². The quantitative estimate of drug-likeness (QED) is 0.609. The summed E-state index contributed by atoms with van der Waals surface area (Å²) in [4.78, 5) is 10.4. The van der Waals surface area contributed by atoms with Gasteiger partial charge >= 0.3 is 0 Å². The third kappa shape index (κ3) is 3.44. The van der Waals surface area contributed by atoms with E-state index in [1.807, 2.05) is 6.92 Å². The largest absolute Gasteiger partial charge is 0.381 e. The molecule has 0 amide bonds. The average Bonchev–Trinajstić information content (AvgIpc) is 2.19. The highest BCUT2D eigenvalue weighted by atomic mass is 16.5. The van der Waals surface area contributed by atoms with Crippen molar-refractivity contribution in [1.29, 1.82) is 0 Å². The molecule has 1 aliphatic heterocycles.